The van der Waals surface area contributed by atoms with Gasteiger partial charge in [0.05, 0.1) is 22.3 Å². The van der Waals surface area contributed by atoms with Gasteiger partial charge in [0.1, 0.15) is 0 Å². The molecular formula is C19H19N3O2S. The standard InChI is InChI=1S/C19H19N3O2S/c1-12-8-9-16(13(2)10-12)22-18(24)14-6-4-5-7-15(14)21-19(22)25-11-17(23)20-3/h4-10H,11H2,1-3H3,(H,20,23). The van der Waals surface area contributed by atoms with E-state index in [9.17, 15) is 9.59 Å². The predicted octanol–water partition coefficient (Wildman–Crippen LogP) is 2.84. The molecule has 0 aliphatic carbocycles. The third kappa shape index (κ3) is 3.44. The average molecular weight is 353 g/mol. The number of hydrogen-bond acceptors (Lipinski definition) is 4. The van der Waals surface area contributed by atoms with Gasteiger partial charge in [-0.2, -0.15) is 0 Å². The third-order valence-electron chi connectivity index (χ3n) is 3.95. The molecule has 0 bridgehead atoms. The van der Waals surface area contributed by atoms with E-state index in [4.69, 9.17) is 0 Å². The van der Waals surface area contributed by atoms with Crippen LogP contribution in [0.25, 0.3) is 16.6 Å². The molecule has 1 amide bonds. The molecule has 0 aliphatic heterocycles. The van der Waals surface area contributed by atoms with Crippen molar-refractivity contribution in [2.75, 3.05) is 12.8 Å². The zero-order valence-electron chi connectivity index (χ0n) is 14.4. The maximum Gasteiger partial charge on any atom is 0.266 e. The van der Waals surface area contributed by atoms with Gasteiger partial charge in [-0.15, -0.1) is 0 Å². The van der Waals surface area contributed by atoms with Crippen LogP contribution in [0, 0.1) is 13.8 Å². The summed E-state index contributed by atoms with van der Waals surface area (Å²) in [5.41, 5.74) is 3.40. The number of hydrogen-bond donors (Lipinski definition) is 1. The molecule has 1 aromatic heterocycles. The van der Waals surface area contributed by atoms with Gasteiger partial charge in [-0.25, -0.2) is 4.98 Å². The van der Waals surface area contributed by atoms with Crippen molar-refractivity contribution in [3.63, 3.8) is 0 Å². The Kier molecular flexibility index (Phi) is 4.90. The van der Waals surface area contributed by atoms with E-state index in [-0.39, 0.29) is 17.2 Å². The van der Waals surface area contributed by atoms with Crippen molar-refractivity contribution in [2.24, 2.45) is 0 Å². The number of para-hydroxylation sites is 1. The smallest absolute Gasteiger partial charge is 0.266 e. The Morgan fingerprint density at radius 1 is 1.20 bits per heavy atom. The van der Waals surface area contributed by atoms with Crippen LogP contribution in [0.15, 0.2) is 52.4 Å². The van der Waals surface area contributed by atoms with Crippen LogP contribution in [0.1, 0.15) is 11.1 Å². The van der Waals surface area contributed by atoms with E-state index in [2.05, 4.69) is 10.3 Å². The van der Waals surface area contributed by atoms with E-state index in [0.717, 1.165) is 16.8 Å². The van der Waals surface area contributed by atoms with Gasteiger partial charge in [-0.3, -0.25) is 14.2 Å². The lowest BCUT2D eigenvalue weighted by atomic mass is 10.1. The first-order valence-electron chi connectivity index (χ1n) is 7.94. The second-order valence-corrected chi connectivity index (χ2v) is 6.75. The molecule has 0 aliphatic rings. The summed E-state index contributed by atoms with van der Waals surface area (Å²) in [4.78, 5) is 29.4. The number of amides is 1. The monoisotopic (exact) mass is 353 g/mol. The maximum atomic E-state index is 13.1. The van der Waals surface area contributed by atoms with Crippen molar-refractivity contribution < 1.29 is 4.79 Å². The van der Waals surface area contributed by atoms with Gasteiger partial charge in [0.25, 0.3) is 5.56 Å². The van der Waals surface area contributed by atoms with Crippen molar-refractivity contribution in [1.82, 2.24) is 14.9 Å². The number of fused-ring (bicyclic) bond motifs is 1. The van der Waals surface area contributed by atoms with Crippen LogP contribution in [-0.2, 0) is 4.79 Å². The van der Waals surface area contributed by atoms with Gasteiger partial charge in [0.2, 0.25) is 5.91 Å². The quantitative estimate of drug-likeness (QED) is 0.579. The van der Waals surface area contributed by atoms with Crippen LogP contribution >= 0.6 is 11.8 Å². The number of benzene rings is 2. The van der Waals surface area contributed by atoms with Crippen LogP contribution in [0.4, 0.5) is 0 Å². The minimum atomic E-state index is -0.128. The topological polar surface area (TPSA) is 64.0 Å². The van der Waals surface area contributed by atoms with Gasteiger partial charge < -0.3 is 5.32 Å². The third-order valence-corrected chi connectivity index (χ3v) is 4.89. The van der Waals surface area contributed by atoms with Gasteiger partial charge >= 0.3 is 0 Å². The first-order chi connectivity index (χ1) is 12.0. The molecule has 2 aromatic carbocycles. The van der Waals surface area contributed by atoms with E-state index >= 15 is 0 Å². The Hall–Kier alpha value is -2.60. The number of aromatic nitrogens is 2. The lowest BCUT2D eigenvalue weighted by molar-refractivity contribution is -0.118. The fourth-order valence-electron chi connectivity index (χ4n) is 2.68. The van der Waals surface area contributed by atoms with Gasteiger partial charge in [0.15, 0.2) is 5.16 Å². The van der Waals surface area contributed by atoms with Gasteiger partial charge in [-0.05, 0) is 37.6 Å². The molecule has 3 aromatic rings. The average Bonchev–Trinajstić information content (AvgIpc) is 2.61. The summed E-state index contributed by atoms with van der Waals surface area (Å²) in [7, 11) is 1.59. The number of rotatable bonds is 4. The SMILES string of the molecule is CNC(=O)CSc1nc2ccccc2c(=O)n1-c1ccc(C)cc1C. The molecule has 0 saturated carbocycles. The van der Waals surface area contributed by atoms with E-state index < -0.39 is 0 Å². The number of aryl methyl sites for hydroxylation is 2. The van der Waals surface area contributed by atoms with Crippen molar-refractivity contribution in [1.29, 1.82) is 0 Å². The second kappa shape index (κ2) is 7.11. The van der Waals surface area contributed by atoms with Crippen LogP contribution in [0.3, 0.4) is 0 Å². The number of thioether (sulfide) groups is 1. The second-order valence-electron chi connectivity index (χ2n) is 5.80. The Labute approximate surface area is 150 Å². The van der Waals surface area contributed by atoms with E-state index in [1.165, 1.54) is 11.8 Å². The largest absolute Gasteiger partial charge is 0.358 e. The van der Waals surface area contributed by atoms with E-state index in [1.54, 1.807) is 17.7 Å². The molecular weight excluding hydrogens is 334 g/mol. The minimum Gasteiger partial charge on any atom is -0.358 e. The Balaban J connectivity index is 2.24. The zero-order valence-corrected chi connectivity index (χ0v) is 15.2. The number of carbonyl (C=O) groups excluding carboxylic acids is 1. The highest BCUT2D eigenvalue weighted by Gasteiger charge is 2.15. The molecule has 0 atom stereocenters. The van der Waals surface area contributed by atoms with Crippen molar-refractivity contribution in [2.45, 2.75) is 19.0 Å². The number of nitrogens with one attached hydrogen (secondary N) is 1. The van der Waals surface area contributed by atoms with Crippen LogP contribution < -0.4 is 10.9 Å². The lowest BCUT2D eigenvalue weighted by Gasteiger charge is -2.15. The Bertz CT molecular complexity index is 1010. The van der Waals surface area contributed by atoms with Gasteiger partial charge in [0, 0.05) is 7.05 Å². The first-order valence-corrected chi connectivity index (χ1v) is 8.92. The molecule has 3 rings (SSSR count). The normalized spacial score (nSPS) is 10.8. The summed E-state index contributed by atoms with van der Waals surface area (Å²) < 4.78 is 1.60. The summed E-state index contributed by atoms with van der Waals surface area (Å²) in [5, 5.41) is 3.67. The number of nitrogens with zero attached hydrogens (tertiary/aromatic N) is 2. The van der Waals surface area contributed by atoms with Crippen molar-refractivity contribution >= 4 is 28.6 Å². The van der Waals surface area contributed by atoms with Crippen LogP contribution in [0.5, 0.6) is 0 Å². The molecule has 6 heteroatoms. The van der Waals surface area contributed by atoms with E-state index in [1.807, 2.05) is 50.2 Å². The summed E-state index contributed by atoms with van der Waals surface area (Å²) in [5.74, 6) is 0.0891. The maximum absolute atomic E-state index is 13.1. The Morgan fingerprint density at radius 3 is 2.68 bits per heavy atom. The highest BCUT2D eigenvalue weighted by atomic mass is 32.2. The van der Waals surface area contributed by atoms with Crippen molar-refractivity contribution in [3.8, 4) is 5.69 Å². The number of carbonyl (C=O) groups is 1. The first kappa shape index (κ1) is 17.2. The zero-order chi connectivity index (χ0) is 18.0. The Morgan fingerprint density at radius 2 is 1.96 bits per heavy atom. The molecule has 0 unspecified atom stereocenters. The summed E-state index contributed by atoms with van der Waals surface area (Å²) in [6, 6.07) is 13.2. The summed E-state index contributed by atoms with van der Waals surface area (Å²) >= 11 is 1.26. The molecule has 0 fully saturated rings. The highest BCUT2D eigenvalue weighted by molar-refractivity contribution is 7.99. The molecule has 0 saturated heterocycles. The fraction of sp³-hybridized carbons (Fsp3) is 0.211. The van der Waals surface area contributed by atoms with E-state index in [0.29, 0.717) is 16.1 Å². The molecule has 0 radical (unpaired) electrons. The molecule has 1 heterocycles. The van der Waals surface area contributed by atoms with Crippen molar-refractivity contribution in [3.05, 3.63) is 63.9 Å². The van der Waals surface area contributed by atoms with Crippen LogP contribution in [0.2, 0.25) is 0 Å². The van der Waals surface area contributed by atoms with Crippen LogP contribution in [-0.4, -0.2) is 28.3 Å². The predicted molar refractivity (Wildman–Crippen MR) is 102 cm³/mol. The van der Waals surface area contributed by atoms with Gasteiger partial charge in [-0.1, -0.05) is 41.6 Å². The lowest BCUT2D eigenvalue weighted by Crippen LogP contribution is -2.24. The summed E-state index contributed by atoms with van der Waals surface area (Å²) in [6.07, 6.45) is 0. The fourth-order valence-corrected chi connectivity index (χ4v) is 3.56. The molecule has 128 valence electrons. The molecule has 25 heavy (non-hydrogen) atoms. The molecule has 5 nitrogen and oxygen atoms in total. The minimum absolute atomic E-state index is 0.111. The summed E-state index contributed by atoms with van der Waals surface area (Å²) in [6.45, 7) is 3.98. The molecule has 0 spiro atoms. The molecule has 1 N–H and O–H groups in total. The highest BCUT2D eigenvalue weighted by Crippen LogP contribution is 2.23.